The Labute approximate surface area is 74.6 Å². The van der Waals surface area contributed by atoms with Gasteiger partial charge in [0, 0.05) is 6.42 Å². The normalized spacial score (nSPS) is 14.6. The molecule has 0 spiro atoms. The van der Waals surface area contributed by atoms with Gasteiger partial charge in [0.25, 0.3) is 0 Å². The van der Waals surface area contributed by atoms with Gasteiger partial charge in [-0.25, -0.2) is 0 Å². The monoisotopic (exact) mass is 221 g/mol. The quantitative estimate of drug-likeness (QED) is 0.342. The molecule has 3 nitrogen and oxygen atoms in total. The summed E-state index contributed by atoms with van der Waals surface area (Å²) in [5.41, 5.74) is 0.529. The first-order chi connectivity index (χ1) is 5.11. The molecule has 0 heterocycles. The summed E-state index contributed by atoms with van der Waals surface area (Å²) >= 11 is 3.14. The SMILES string of the molecule is CC/C(CC(=O)C(C)Br)=N\O. The Hall–Kier alpha value is -0.380. The second kappa shape index (κ2) is 5.29. The van der Waals surface area contributed by atoms with E-state index in [0.29, 0.717) is 12.1 Å². The van der Waals surface area contributed by atoms with Crippen LogP contribution in [0.15, 0.2) is 5.16 Å². The first kappa shape index (κ1) is 10.6. The second-order valence-electron chi connectivity index (χ2n) is 2.28. The minimum absolute atomic E-state index is 0.0413. The lowest BCUT2D eigenvalue weighted by molar-refractivity contribution is -0.117. The van der Waals surface area contributed by atoms with Crippen LogP contribution in [0.2, 0.25) is 0 Å². The fourth-order valence-corrected chi connectivity index (χ4v) is 0.735. The van der Waals surface area contributed by atoms with Crippen molar-refractivity contribution in [2.45, 2.75) is 31.5 Å². The van der Waals surface area contributed by atoms with Crippen LogP contribution in [0.4, 0.5) is 0 Å². The number of ketones is 1. The second-order valence-corrected chi connectivity index (χ2v) is 3.65. The Bertz CT molecular complexity index is 166. The maximum Gasteiger partial charge on any atom is 0.151 e. The molecule has 1 N–H and O–H groups in total. The van der Waals surface area contributed by atoms with Crippen LogP contribution in [-0.4, -0.2) is 21.5 Å². The highest BCUT2D eigenvalue weighted by Gasteiger charge is 2.11. The summed E-state index contributed by atoms with van der Waals surface area (Å²) in [5, 5.41) is 11.4. The molecule has 0 aliphatic heterocycles. The molecular weight excluding hydrogens is 210 g/mol. The Kier molecular flexibility index (Phi) is 5.11. The van der Waals surface area contributed by atoms with Crippen LogP contribution >= 0.6 is 15.9 Å². The number of carbonyl (C=O) groups is 1. The van der Waals surface area contributed by atoms with Crippen molar-refractivity contribution in [3.05, 3.63) is 0 Å². The summed E-state index contributed by atoms with van der Waals surface area (Å²) in [5.74, 6) is 0.0413. The third-order valence-electron chi connectivity index (χ3n) is 1.37. The smallest absolute Gasteiger partial charge is 0.151 e. The van der Waals surface area contributed by atoms with Crippen LogP contribution in [0.3, 0.4) is 0 Å². The lowest BCUT2D eigenvalue weighted by Crippen LogP contribution is -2.14. The number of hydrogen-bond acceptors (Lipinski definition) is 3. The molecule has 0 aromatic heterocycles. The van der Waals surface area contributed by atoms with Crippen molar-refractivity contribution in [2.75, 3.05) is 0 Å². The van der Waals surface area contributed by atoms with E-state index in [9.17, 15) is 4.79 Å². The van der Waals surface area contributed by atoms with Gasteiger partial charge in [0.15, 0.2) is 5.78 Å². The molecule has 4 heteroatoms. The highest BCUT2D eigenvalue weighted by molar-refractivity contribution is 9.10. The molecule has 0 bridgehead atoms. The summed E-state index contributed by atoms with van der Waals surface area (Å²) < 4.78 is 0. The topological polar surface area (TPSA) is 49.7 Å². The molecule has 0 amide bonds. The molecule has 1 atom stereocenters. The molecule has 1 unspecified atom stereocenters. The standard InChI is InChI=1S/C7H12BrNO2/c1-3-6(9-11)4-7(10)5(2)8/h5,11H,3-4H2,1-2H3/b9-6+. The van der Waals surface area contributed by atoms with Gasteiger partial charge in [-0.15, -0.1) is 0 Å². The predicted molar refractivity (Wildman–Crippen MR) is 47.5 cm³/mol. The molecular formula is C7H12BrNO2. The maximum atomic E-state index is 11.0. The van der Waals surface area contributed by atoms with E-state index in [-0.39, 0.29) is 17.0 Å². The molecule has 0 fully saturated rings. The van der Waals surface area contributed by atoms with Crippen molar-refractivity contribution in [3.63, 3.8) is 0 Å². The Balaban J connectivity index is 3.93. The first-order valence-corrected chi connectivity index (χ1v) is 4.40. The van der Waals surface area contributed by atoms with Crippen LogP contribution in [0.5, 0.6) is 0 Å². The summed E-state index contributed by atoms with van der Waals surface area (Å²) in [6.45, 7) is 3.61. The van der Waals surface area contributed by atoms with Gasteiger partial charge >= 0.3 is 0 Å². The van der Waals surface area contributed by atoms with E-state index < -0.39 is 0 Å². The van der Waals surface area contributed by atoms with Crippen molar-refractivity contribution >= 4 is 27.4 Å². The summed E-state index contributed by atoms with van der Waals surface area (Å²) in [4.78, 5) is 10.9. The van der Waals surface area contributed by atoms with Crippen molar-refractivity contribution < 1.29 is 10.0 Å². The van der Waals surface area contributed by atoms with Crippen LogP contribution in [-0.2, 0) is 4.79 Å². The van der Waals surface area contributed by atoms with Gasteiger partial charge in [0.05, 0.1) is 10.5 Å². The predicted octanol–water partition coefficient (Wildman–Crippen LogP) is 1.97. The number of halogens is 1. The number of alkyl halides is 1. The largest absolute Gasteiger partial charge is 0.411 e. The number of oxime groups is 1. The van der Waals surface area contributed by atoms with E-state index in [2.05, 4.69) is 21.1 Å². The third kappa shape index (κ3) is 4.14. The fourth-order valence-electron chi connectivity index (χ4n) is 0.573. The van der Waals surface area contributed by atoms with Crippen LogP contribution in [0.1, 0.15) is 26.7 Å². The Morgan fingerprint density at radius 2 is 2.27 bits per heavy atom. The Morgan fingerprint density at radius 3 is 2.55 bits per heavy atom. The zero-order valence-electron chi connectivity index (χ0n) is 6.67. The molecule has 0 aliphatic rings. The van der Waals surface area contributed by atoms with Crippen molar-refractivity contribution in [1.82, 2.24) is 0 Å². The molecule has 0 saturated carbocycles. The number of hydrogen-bond donors (Lipinski definition) is 1. The van der Waals surface area contributed by atoms with Gasteiger partial charge < -0.3 is 5.21 Å². The van der Waals surface area contributed by atoms with E-state index in [0.717, 1.165) is 0 Å². The lowest BCUT2D eigenvalue weighted by atomic mass is 10.1. The molecule has 0 saturated heterocycles. The molecule has 0 aromatic rings. The van der Waals surface area contributed by atoms with E-state index in [1.54, 1.807) is 6.92 Å². The zero-order valence-corrected chi connectivity index (χ0v) is 8.26. The summed E-state index contributed by atoms with van der Waals surface area (Å²) in [7, 11) is 0. The van der Waals surface area contributed by atoms with Crippen LogP contribution in [0, 0.1) is 0 Å². The van der Waals surface area contributed by atoms with Gasteiger partial charge in [0.1, 0.15) is 0 Å². The van der Waals surface area contributed by atoms with Gasteiger partial charge in [-0.2, -0.15) is 0 Å². The number of rotatable bonds is 4. The van der Waals surface area contributed by atoms with Crippen molar-refractivity contribution in [3.8, 4) is 0 Å². The zero-order chi connectivity index (χ0) is 8.85. The first-order valence-electron chi connectivity index (χ1n) is 3.48. The molecule has 0 aliphatic carbocycles. The number of Topliss-reactive ketones (excluding diaryl/α,β-unsaturated/α-hetero) is 1. The molecule has 0 radical (unpaired) electrons. The van der Waals surface area contributed by atoms with Gasteiger partial charge in [0.2, 0.25) is 0 Å². The van der Waals surface area contributed by atoms with Gasteiger partial charge in [-0.05, 0) is 13.3 Å². The van der Waals surface area contributed by atoms with E-state index in [4.69, 9.17) is 5.21 Å². The van der Waals surface area contributed by atoms with Crippen LogP contribution in [0.25, 0.3) is 0 Å². The number of carbonyl (C=O) groups excluding carboxylic acids is 1. The summed E-state index contributed by atoms with van der Waals surface area (Å²) in [6, 6.07) is 0. The molecule has 11 heavy (non-hydrogen) atoms. The van der Waals surface area contributed by atoms with Crippen molar-refractivity contribution in [1.29, 1.82) is 0 Å². The highest BCUT2D eigenvalue weighted by Crippen LogP contribution is 2.04. The van der Waals surface area contributed by atoms with E-state index in [1.807, 2.05) is 6.92 Å². The van der Waals surface area contributed by atoms with Crippen molar-refractivity contribution in [2.24, 2.45) is 5.16 Å². The fraction of sp³-hybridized carbons (Fsp3) is 0.714. The van der Waals surface area contributed by atoms with Gasteiger partial charge in [-0.3, -0.25) is 4.79 Å². The average molecular weight is 222 g/mol. The number of nitrogens with zero attached hydrogens (tertiary/aromatic N) is 1. The van der Waals surface area contributed by atoms with Crippen LogP contribution < -0.4 is 0 Å². The van der Waals surface area contributed by atoms with E-state index >= 15 is 0 Å². The average Bonchev–Trinajstić information content (AvgIpc) is 1.99. The highest BCUT2D eigenvalue weighted by atomic mass is 79.9. The minimum atomic E-state index is -0.161. The maximum absolute atomic E-state index is 11.0. The summed E-state index contributed by atoms with van der Waals surface area (Å²) in [6.07, 6.45) is 0.849. The molecule has 0 rings (SSSR count). The van der Waals surface area contributed by atoms with E-state index in [1.165, 1.54) is 0 Å². The lowest BCUT2D eigenvalue weighted by Gasteiger charge is -2.01. The minimum Gasteiger partial charge on any atom is -0.411 e. The Morgan fingerprint density at radius 1 is 1.73 bits per heavy atom. The third-order valence-corrected chi connectivity index (χ3v) is 1.88. The van der Waals surface area contributed by atoms with Gasteiger partial charge in [-0.1, -0.05) is 28.0 Å². The molecule has 64 valence electrons. The molecule has 0 aromatic carbocycles.